The van der Waals surface area contributed by atoms with Crippen LogP contribution in [-0.4, -0.2) is 42.4 Å². The summed E-state index contributed by atoms with van der Waals surface area (Å²) in [5.74, 6) is -1.95. The second kappa shape index (κ2) is 6.72. The van der Waals surface area contributed by atoms with Crippen LogP contribution in [0.4, 0.5) is 0 Å². The van der Waals surface area contributed by atoms with Crippen molar-refractivity contribution in [2.75, 3.05) is 12.3 Å². The summed E-state index contributed by atoms with van der Waals surface area (Å²) in [6, 6.07) is 0. The molecule has 0 aliphatic heterocycles. The molecule has 6 nitrogen and oxygen atoms in total. The Hall–Kier alpha value is -1.11. The molecule has 18 heavy (non-hydrogen) atoms. The van der Waals surface area contributed by atoms with Crippen LogP contribution in [0.5, 0.6) is 0 Å². The maximum Gasteiger partial charge on any atom is 0.303 e. The predicted octanol–water partition coefficient (Wildman–Crippen LogP) is 0.571. The fraction of sp³-hybridized carbons (Fsp3) is 0.818. The maximum atomic E-state index is 11.7. The molecule has 0 heterocycles. The molecule has 0 spiro atoms. The smallest absolute Gasteiger partial charge is 0.303 e. The fourth-order valence-electron chi connectivity index (χ4n) is 1.07. The highest BCUT2D eigenvalue weighted by atomic mass is 32.2. The first-order chi connectivity index (χ1) is 8.06. The van der Waals surface area contributed by atoms with Crippen LogP contribution >= 0.6 is 0 Å². The van der Waals surface area contributed by atoms with Crippen molar-refractivity contribution in [1.29, 1.82) is 0 Å². The third kappa shape index (κ3) is 6.58. The van der Waals surface area contributed by atoms with Gasteiger partial charge in [-0.25, -0.2) is 8.42 Å². The Balaban J connectivity index is 3.96. The van der Waals surface area contributed by atoms with Crippen molar-refractivity contribution in [3.8, 4) is 0 Å². The van der Waals surface area contributed by atoms with E-state index in [1.54, 1.807) is 20.8 Å². The Morgan fingerprint density at radius 2 is 1.72 bits per heavy atom. The quantitative estimate of drug-likeness (QED) is 0.664. The summed E-state index contributed by atoms with van der Waals surface area (Å²) in [5, 5.41) is 10.9. The molecular weight excluding hydrogens is 258 g/mol. The van der Waals surface area contributed by atoms with E-state index in [1.807, 2.05) is 0 Å². The van der Waals surface area contributed by atoms with Crippen LogP contribution in [0, 0.1) is 0 Å². The minimum absolute atomic E-state index is 0.0517. The molecule has 0 aromatic carbocycles. The summed E-state index contributed by atoms with van der Waals surface area (Å²) < 4.78 is 22.5. The number of carboxylic acid groups (broad SMARTS) is 1. The summed E-state index contributed by atoms with van der Waals surface area (Å²) >= 11 is 0. The van der Waals surface area contributed by atoms with E-state index in [2.05, 4.69) is 5.32 Å². The van der Waals surface area contributed by atoms with Crippen LogP contribution in [0.15, 0.2) is 0 Å². The second-order valence-electron chi connectivity index (χ2n) is 5.07. The van der Waals surface area contributed by atoms with E-state index in [0.29, 0.717) is 19.4 Å². The van der Waals surface area contributed by atoms with E-state index in [0.717, 1.165) is 0 Å². The van der Waals surface area contributed by atoms with E-state index in [-0.39, 0.29) is 6.42 Å². The number of hydrogen-bond acceptors (Lipinski definition) is 4. The topological polar surface area (TPSA) is 101 Å². The molecule has 0 fully saturated rings. The Kier molecular flexibility index (Phi) is 6.31. The molecule has 2 N–H and O–H groups in total. The molecule has 0 atom stereocenters. The highest BCUT2D eigenvalue weighted by Crippen LogP contribution is 2.15. The molecule has 7 heteroatoms. The number of unbranched alkanes of at least 4 members (excludes halogenated alkanes) is 1. The lowest BCUT2D eigenvalue weighted by Crippen LogP contribution is -2.38. The molecule has 0 radical (unpaired) electrons. The number of amides is 1. The number of carbonyl (C=O) groups excluding carboxylic acids is 1. The lowest BCUT2D eigenvalue weighted by molar-refractivity contribution is -0.137. The third-order valence-corrected chi connectivity index (χ3v) is 4.90. The van der Waals surface area contributed by atoms with Crippen LogP contribution in [0.2, 0.25) is 0 Å². The van der Waals surface area contributed by atoms with Gasteiger partial charge in [0.05, 0.1) is 4.75 Å². The van der Waals surface area contributed by atoms with Gasteiger partial charge in [0.15, 0.2) is 9.84 Å². The molecule has 0 aliphatic carbocycles. The Morgan fingerprint density at radius 1 is 1.17 bits per heavy atom. The van der Waals surface area contributed by atoms with Gasteiger partial charge in [-0.15, -0.1) is 0 Å². The molecule has 0 aromatic heterocycles. The Morgan fingerprint density at radius 3 is 2.17 bits per heavy atom. The minimum Gasteiger partial charge on any atom is -0.481 e. The van der Waals surface area contributed by atoms with Crippen LogP contribution in [-0.2, 0) is 19.4 Å². The van der Waals surface area contributed by atoms with E-state index in [4.69, 9.17) is 5.11 Å². The van der Waals surface area contributed by atoms with Crippen molar-refractivity contribution in [1.82, 2.24) is 5.32 Å². The number of carbonyl (C=O) groups is 2. The SMILES string of the molecule is CC(C)(C)S(=O)(=O)CC(=O)NCCCCC(=O)O. The van der Waals surface area contributed by atoms with Gasteiger partial charge in [0.1, 0.15) is 5.75 Å². The van der Waals surface area contributed by atoms with Crippen molar-refractivity contribution >= 4 is 21.7 Å². The number of aliphatic carboxylic acids is 1. The van der Waals surface area contributed by atoms with Gasteiger partial charge < -0.3 is 10.4 Å². The average Bonchev–Trinajstić information content (AvgIpc) is 2.13. The van der Waals surface area contributed by atoms with Crippen molar-refractivity contribution in [3.05, 3.63) is 0 Å². The number of sulfone groups is 1. The lowest BCUT2D eigenvalue weighted by Gasteiger charge is -2.18. The molecule has 106 valence electrons. The second-order valence-corrected chi connectivity index (χ2v) is 7.82. The zero-order chi connectivity index (χ0) is 14.4. The summed E-state index contributed by atoms with van der Waals surface area (Å²) in [5.41, 5.74) is 0. The van der Waals surface area contributed by atoms with Gasteiger partial charge in [-0.2, -0.15) is 0 Å². The van der Waals surface area contributed by atoms with Gasteiger partial charge >= 0.3 is 5.97 Å². The normalized spacial score (nSPS) is 12.2. The van der Waals surface area contributed by atoms with Gasteiger partial charge in [-0.05, 0) is 33.6 Å². The monoisotopic (exact) mass is 279 g/mol. The standard InChI is InChI=1S/C11H21NO5S/c1-11(2,3)18(16,17)8-9(13)12-7-5-4-6-10(14)15/h4-8H2,1-3H3,(H,12,13)(H,14,15). The molecule has 0 saturated heterocycles. The molecule has 0 saturated carbocycles. The first-order valence-corrected chi connectivity index (χ1v) is 7.42. The highest BCUT2D eigenvalue weighted by molar-refractivity contribution is 7.93. The van der Waals surface area contributed by atoms with Gasteiger partial charge in [0.25, 0.3) is 0 Å². The fourth-order valence-corrected chi connectivity index (χ4v) is 1.95. The first-order valence-electron chi connectivity index (χ1n) is 5.77. The van der Waals surface area contributed by atoms with E-state index < -0.39 is 32.2 Å². The van der Waals surface area contributed by atoms with E-state index in [1.165, 1.54) is 0 Å². The van der Waals surface area contributed by atoms with Gasteiger partial charge in [0, 0.05) is 13.0 Å². The van der Waals surface area contributed by atoms with E-state index in [9.17, 15) is 18.0 Å². The van der Waals surface area contributed by atoms with E-state index >= 15 is 0 Å². The zero-order valence-corrected chi connectivity index (χ0v) is 11.8. The third-order valence-electron chi connectivity index (χ3n) is 2.39. The Bertz CT molecular complexity index is 394. The average molecular weight is 279 g/mol. The highest BCUT2D eigenvalue weighted by Gasteiger charge is 2.30. The number of rotatable bonds is 7. The molecule has 0 rings (SSSR count). The minimum atomic E-state index is -3.46. The van der Waals surface area contributed by atoms with Gasteiger partial charge in [-0.1, -0.05) is 0 Å². The molecule has 1 amide bonds. The van der Waals surface area contributed by atoms with Gasteiger partial charge in [-0.3, -0.25) is 9.59 Å². The van der Waals surface area contributed by atoms with Crippen molar-refractivity contribution in [3.63, 3.8) is 0 Å². The van der Waals surface area contributed by atoms with Crippen LogP contribution < -0.4 is 5.32 Å². The number of hydrogen-bond donors (Lipinski definition) is 2. The maximum absolute atomic E-state index is 11.7. The summed E-state index contributed by atoms with van der Waals surface area (Å²) in [7, 11) is -3.46. The zero-order valence-electron chi connectivity index (χ0n) is 11.0. The first kappa shape index (κ1) is 16.9. The van der Waals surface area contributed by atoms with Crippen molar-refractivity contribution in [2.24, 2.45) is 0 Å². The Labute approximate surface area is 108 Å². The van der Waals surface area contributed by atoms with Crippen molar-refractivity contribution in [2.45, 2.75) is 44.8 Å². The molecule has 0 bridgehead atoms. The van der Waals surface area contributed by atoms with Gasteiger partial charge in [0.2, 0.25) is 5.91 Å². The number of nitrogens with one attached hydrogen (secondary N) is 1. The van der Waals surface area contributed by atoms with Crippen LogP contribution in [0.1, 0.15) is 40.0 Å². The molecule has 0 aromatic rings. The van der Waals surface area contributed by atoms with Crippen LogP contribution in [0.25, 0.3) is 0 Å². The lowest BCUT2D eigenvalue weighted by atomic mass is 10.2. The largest absolute Gasteiger partial charge is 0.481 e. The molecule has 0 aliphatic rings. The van der Waals surface area contributed by atoms with Crippen molar-refractivity contribution < 1.29 is 23.1 Å². The predicted molar refractivity (Wildman–Crippen MR) is 68.0 cm³/mol. The summed E-state index contributed by atoms with van der Waals surface area (Å²) in [4.78, 5) is 21.6. The van der Waals surface area contributed by atoms with Crippen LogP contribution in [0.3, 0.4) is 0 Å². The number of carboxylic acids is 1. The summed E-state index contributed by atoms with van der Waals surface area (Å²) in [6.07, 6.45) is 1.03. The summed E-state index contributed by atoms with van der Waals surface area (Å²) in [6.45, 7) is 4.93. The molecular formula is C11H21NO5S. The molecule has 0 unspecified atom stereocenters.